The predicted octanol–water partition coefficient (Wildman–Crippen LogP) is 2.59. The van der Waals surface area contributed by atoms with Crippen LogP contribution in [0.1, 0.15) is 78.1 Å². The van der Waals surface area contributed by atoms with E-state index in [4.69, 9.17) is 0 Å². The zero-order valence-corrected chi connectivity index (χ0v) is 16.0. The van der Waals surface area contributed by atoms with Crippen molar-refractivity contribution in [1.29, 1.82) is 0 Å². The van der Waals surface area contributed by atoms with Crippen molar-refractivity contribution in [2.75, 3.05) is 27.2 Å². The standard InChI is InChI=1S/C16H36N.2ClH.H3N/c1-5-7-9-10-11-12-13-14-16-17(3,4)15-8-6-2;;;/h5-16H2,1-4H3;2*1H;1H3/q+1;;;/p-1. The Morgan fingerprint density at radius 1 is 0.600 bits per heavy atom. The summed E-state index contributed by atoms with van der Waals surface area (Å²) in [7, 11) is 4.77. The Kier molecular flexibility index (Phi) is 27.9. The van der Waals surface area contributed by atoms with Gasteiger partial charge in [0, 0.05) is 0 Å². The third-order valence-electron chi connectivity index (χ3n) is 3.73. The van der Waals surface area contributed by atoms with Crippen LogP contribution in [0.4, 0.5) is 0 Å². The number of hydrogen-bond acceptors (Lipinski definition) is 1. The molecular weight excluding hydrogens is 291 g/mol. The molecule has 0 bridgehead atoms. The number of unbranched alkanes of at least 4 members (excludes halogenated alkanes) is 8. The smallest absolute Gasteiger partial charge is 0.0782 e. The lowest BCUT2D eigenvalue weighted by Gasteiger charge is -2.29. The average molecular weight is 331 g/mol. The minimum atomic E-state index is 0. The van der Waals surface area contributed by atoms with Crippen molar-refractivity contribution in [3.63, 3.8) is 0 Å². The minimum absolute atomic E-state index is 0. The van der Waals surface area contributed by atoms with Crippen LogP contribution in [0.25, 0.3) is 0 Å². The molecule has 0 saturated carbocycles. The van der Waals surface area contributed by atoms with Gasteiger partial charge in [-0.1, -0.05) is 58.8 Å². The third kappa shape index (κ3) is 20.8. The maximum Gasteiger partial charge on any atom is 0.0782 e. The van der Waals surface area contributed by atoms with E-state index in [0.717, 1.165) is 0 Å². The van der Waals surface area contributed by atoms with Crippen LogP contribution in [0.3, 0.4) is 0 Å². The van der Waals surface area contributed by atoms with Gasteiger partial charge in [0.05, 0.1) is 27.2 Å². The zero-order chi connectivity index (χ0) is 13.0. The lowest BCUT2D eigenvalue weighted by molar-refractivity contribution is -0.890. The summed E-state index contributed by atoms with van der Waals surface area (Å²) in [5.41, 5.74) is 0. The molecule has 0 aliphatic rings. The first-order chi connectivity index (χ1) is 8.12. The Bertz CT molecular complexity index is 165. The van der Waals surface area contributed by atoms with E-state index in [1.807, 2.05) is 0 Å². The average Bonchev–Trinajstić information content (AvgIpc) is 2.30. The van der Waals surface area contributed by atoms with Crippen molar-refractivity contribution in [2.24, 2.45) is 0 Å². The van der Waals surface area contributed by atoms with E-state index in [1.165, 1.54) is 81.8 Å². The highest BCUT2D eigenvalue weighted by Crippen LogP contribution is 2.10. The van der Waals surface area contributed by atoms with Crippen LogP contribution in [0.5, 0.6) is 0 Å². The normalized spacial score (nSPS) is 10.2. The molecule has 0 rings (SSSR count). The first kappa shape index (κ1) is 28.6. The maximum absolute atomic E-state index is 2.39. The molecular formula is C16H40Cl2N2. The minimum Gasteiger partial charge on any atom is -1.00 e. The monoisotopic (exact) mass is 330 g/mol. The molecule has 4 heteroatoms. The molecule has 0 fully saturated rings. The van der Waals surface area contributed by atoms with Crippen LogP contribution in [0.2, 0.25) is 0 Å². The molecule has 0 atom stereocenters. The summed E-state index contributed by atoms with van der Waals surface area (Å²) < 4.78 is 1.23. The van der Waals surface area contributed by atoms with Crippen LogP contribution in [-0.2, 0) is 0 Å². The van der Waals surface area contributed by atoms with Crippen molar-refractivity contribution in [3.05, 3.63) is 0 Å². The molecule has 0 saturated heterocycles. The van der Waals surface area contributed by atoms with Gasteiger partial charge in [0.2, 0.25) is 0 Å². The summed E-state index contributed by atoms with van der Waals surface area (Å²) in [6.07, 6.45) is 14.2. The van der Waals surface area contributed by atoms with Gasteiger partial charge in [-0.2, -0.15) is 0 Å². The summed E-state index contributed by atoms with van der Waals surface area (Å²) >= 11 is 0. The van der Waals surface area contributed by atoms with E-state index in [9.17, 15) is 0 Å². The maximum atomic E-state index is 2.39. The summed E-state index contributed by atoms with van der Waals surface area (Å²) in [4.78, 5) is 0. The molecule has 0 aromatic rings. The molecule has 3 N–H and O–H groups in total. The van der Waals surface area contributed by atoms with Crippen molar-refractivity contribution >= 4 is 12.4 Å². The lowest BCUT2D eigenvalue weighted by Crippen LogP contribution is -3.00. The van der Waals surface area contributed by atoms with E-state index in [-0.39, 0.29) is 31.0 Å². The molecule has 0 radical (unpaired) electrons. The Morgan fingerprint density at radius 3 is 1.40 bits per heavy atom. The Morgan fingerprint density at radius 2 is 0.950 bits per heavy atom. The number of nitrogens with zero attached hydrogens (tertiary/aromatic N) is 1. The Labute approximate surface area is 141 Å². The van der Waals surface area contributed by atoms with E-state index in [1.54, 1.807) is 0 Å². The molecule has 0 amide bonds. The quantitative estimate of drug-likeness (QED) is 0.433. The van der Waals surface area contributed by atoms with Gasteiger partial charge < -0.3 is 23.0 Å². The first-order valence-corrected chi connectivity index (χ1v) is 7.94. The van der Waals surface area contributed by atoms with Crippen LogP contribution in [0, 0.1) is 0 Å². The van der Waals surface area contributed by atoms with E-state index in [0.29, 0.717) is 0 Å². The summed E-state index contributed by atoms with van der Waals surface area (Å²) in [5.74, 6) is 0. The molecule has 0 aliphatic heterocycles. The highest BCUT2D eigenvalue weighted by Gasteiger charge is 2.12. The SMILES string of the molecule is CCCCCCCCCC[N+](C)(C)CCCC.Cl.N.[Cl-]. The van der Waals surface area contributed by atoms with Crippen LogP contribution in [-0.4, -0.2) is 31.7 Å². The second-order valence-electron chi connectivity index (χ2n) is 6.21. The van der Waals surface area contributed by atoms with Crippen molar-refractivity contribution in [1.82, 2.24) is 6.15 Å². The molecule has 0 unspecified atom stereocenters. The summed E-state index contributed by atoms with van der Waals surface area (Å²) in [6.45, 7) is 7.30. The van der Waals surface area contributed by atoms with Crippen molar-refractivity contribution in [2.45, 2.75) is 78.1 Å². The molecule has 2 nitrogen and oxygen atoms in total. The molecule has 0 aromatic carbocycles. The van der Waals surface area contributed by atoms with Gasteiger partial charge >= 0.3 is 0 Å². The number of rotatable bonds is 12. The van der Waals surface area contributed by atoms with Gasteiger partial charge in [0.25, 0.3) is 0 Å². The lowest BCUT2D eigenvalue weighted by atomic mass is 10.1. The summed E-state index contributed by atoms with van der Waals surface area (Å²) in [5, 5.41) is 0. The summed E-state index contributed by atoms with van der Waals surface area (Å²) in [6, 6.07) is 0. The van der Waals surface area contributed by atoms with Gasteiger partial charge in [-0.25, -0.2) is 0 Å². The topological polar surface area (TPSA) is 35.0 Å². The molecule has 128 valence electrons. The van der Waals surface area contributed by atoms with Crippen LogP contribution < -0.4 is 18.6 Å². The highest BCUT2D eigenvalue weighted by atomic mass is 35.5. The van der Waals surface area contributed by atoms with Gasteiger partial charge in [-0.15, -0.1) is 12.4 Å². The second-order valence-corrected chi connectivity index (χ2v) is 6.21. The largest absolute Gasteiger partial charge is 1.00 e. The molecule has 0 spiro atoms. The number of quaternary nitrogens is 1. The molecule has 0 heterocycles. The third-order valence-corrected chi connectivity index (χ3v) is 3.73. The van der Waals surface area contributed by atoms with E-state index >= 15 is 0 Å². The predicted molar refractivity (Wildman–Crippen MR) is 91.6 cm³/mol. The highest BCUT2D eigenvalue weighted by molar-refractivity contribution is 5.85. The molecule has 0 aromatic heterocycles. The fourth-order valence-electron chi connectivity index (χ4n) is 2.37. The number of halogens is 2. The van der Waals surface area contributed by atoms with Crippen molar-refractivity contribution in [3.8, 4) is 0 Å². The molecule has 0 aliphatic carbocycles. The molecule has 20 heavy (non-hydrogen) atoms. The van der Waals surface area contributed by atoms with Crippen molar-refractivity contribution < 1.29 is 16.9 Å². The Hall–Kier alpha value is 0.500. The van der Waals surface area contributed by atoms with Gasteiger partial charge in [-0.3, -0.25) is 0 Å². The fourth-order valence-corrected chi connectivity index (χ4v) is 2.37. The van der Waals surface area contributed by atoms with Crippen LogP contribution in [0.15, 0.2) is 0 Å². The van der Waals surface area contributed by atoms with Gasteiger partial charge in [0.15, 0.2) is 0 Å². The first-order valence-electron chi connectivity index (χ1n) is 7.94. The van der Waals surface area contributed by atoms with Gasteiger partial charge in [-0.05, 0) is 19.3 Å². The fraction of sp³-hybridized carbons (Fsp3) is 1.00. The number of hydrogen-bond donors (Lipinski definition) is 1. The van der Waals surface area contributed by atoms with E-state index in [2.05, 4.69) is 27.9 Å². The second kappa shape index (κ2) is 19.5. The van der Waals surface area contributed by atoms with E-state index < -0.39 is 0 Å². The van der Waals surface area contributed by atoms with Gasteiger partial charge in [0.1, 0.15) is 0 Å². The van der Waals surface area contributed by atoms with Crippen LogP contribution >= 0.6 is 12.4 Å². The Balaban J connectivity index is -0.000000427. The zero-order valence-electron chi connectivity index (χ0n) is 14.4.